The minimum atomic E-state index is -0.123. The third-order valence-electron chi connectivity index (χ3n) is 2.55. The zero-order valence-corrected chi connectivity index (χ0v) is 10.9. The summed E-state index contributed by atoms with van der Waals surface area (Å²) in [6, 6.07) is 7.71. The topological polar surface area (TPSA) is 41.6 Å². The molecule has 0 aliphatic rings. The molecule has 2 amide bonds. The number of rotatable bonds is 4. The van der Waals surface area contributed by atoms with Crippen molar-refractivity contribution in [2.24, 2.45) is 0 Å². The van der Waals surface area contributed by atoms with Crippen LogP contribution in [-0.2, 0) is 4.74 Å². The van der Waals surface area contributed by atoms with E-state index in [-0.39, 0.29) is 6.03 Å². The summed E-state index contributed by atoms with van der Waals surface area (Å²) in [6.07, 6.45) is 0. The van der Waals surface area contributed by atoms with Gasteiger partial charge in [-0.3, -0.25) is 0 Å². The van der Waals surface area contributed by atoms with E-state index in [4.69, 9.17) is 4.74 Å². The molecule has 4 nitrogen and oxygen atoms in total. The molecule has 0 aliphatic heterocycles. The first kappa shape index (κ1) is 13.5. The number of amides is 2. The van der Waals surface area contributed by atoms with Crippen molar-refractivity contribution in [2.75, 3.05) is 33.1 Å². The van der Waals surface area contributed by atoms with Crippen molar-refractivity contribution in [3.8, 4) is 0 Å². The highest BCUT2D eigenvalue weighted by Gasteiger charge is 2.06. The van der Waals surface area contributed by atoms with Crippen molar-refractivity contribution < 1.29 is 9.53 Å². The maximum Gasteiger partial charge on any atom is 0.321 e. The minimum Gasteiger partial charge on any atom is -0.384 e. The van der Waals surface area contributed by atoms with Gasteiger partial charge in [0.2, 0.25) is 0 Å². The molecule has 0 bridgehead atoms. The van der Waals surface area contributed by atoms with Gasteiger partial charge in [0, 0.05) is 32.8 Å². The Balaban J connectivity index is 2.65. The van der Waals surface area contributed by atoms with Gasteiger partial charge in [-0.25, -0.2) is 4.79 Å². The van der Waals surface area contributed by atoms with Crippen molar-refractivity contribution in [1.82, 2.24) is 4.90 Å². The third-order valence-corrected chi connectivity index (χ3v) is 2.55. The summed E-state index contributed by atoms with van der Waals surface area (Å²) in [5.41, 5.74) is 2.01. The first-order valence-corrected chi connectivity index (χ1v) is 5.61. The molecule has 0 radical (unpaired) electrons. The summed E-state index contributed by atoms with van der Waals surface area (Å²) in [4.78, 5) is 12.9. The molecule has 0 saturated carbocycles. The molecule has 1 aromatic carbocycles. The fourth-order valence-electron chi connectivity index (χ4n) is 1.48. The predicted molar refractivity (Wildman–Crippen MR) is 69.4 cm³/mol. The van der Waals surface area contributed by atoms with Crippen molar-refractivity contribution in [2.45, 2.75) is 12.8 Å². The molecule has 1 atom stereocenters. The quantitative estimate of drug-likeness (QED) is 0.872. The summed E-state index contributed by atoms with van der Waals surface area (Å²) in [5, 5.41) is 2.80. The summed E-state index contributed by atoms with van der Waals surface area (Å²) in [7, 11) is 5.12. The Morgan fingerprint density at radius 3 is 2.41 bits per heavy atom. The van der Waals surface area contributed by atoms with Gasteiger partial charge in [-0.15, -0.1) is 0 Å². The number of methoxy groups -OCH3 is 1. The fraction of sp³-hybridized carbons (Fsp3) is 0.462. The van der Waals surface area contributed by atoms with E-state index >= 15 is 0 Å². The molecule has 0 heterocycles. The number of carbonyl (C=O) groups excluding carboxylic acids is 1. The molecule has 0 saturated heterocycles. The van der Waals surface area contributed by atoms with Crippen molar-refractivity contribution in [3.63, 3.8) is 0 Å². The molecular formula is C13H20N2O2. The molecule has 0 spiro atoms. The Hall–Kier alpha value is -1.55. The van der Waals surface area contributed by atoms with Crippen LogP contribution in [0.15, 0.2) is 24.3 Å². The Morgan fingerprint density at radius 2 is 1.94 bits per heavy atom. The number of hydrogen-bond acceptors (Lipinski definition) is 2. The molecule has 0 aromatic heterocycles. The van der Waals surface area contributed by atoms with Crippen LogP contribution in [-0.4, -0.2) is 38.7 Å². The van der Waals surface area contributed by atoms with Crippen LogP contribution in [0.2, 0.25) is 0 Å². The lowest BCUT2D eigenvalue weighted by Gasteiger charge is -2.14. The third kappa shape index (κ3) is 4.07. The van der Waals surface area contributed by atoms with E-state index in [1.807, 2.05) is 24.3 Å². The fourth-order valence-corrected chi connectivity index (χ4v) is 1.48. The molecule has 1 unspecified atom stereocenters. The van der Waals surface area contributed by atoms with Crippen molar-refractivity contribution >= 4 is 11.7 Å². The Labute approximate surface area is 103 Å². The van der Waals surface area contributed by atoms with Crippen LogP contribution in [0.25, 0.3) is 0 Å². The highest BCUT2D eigenvalue weighted by molar-refractivity contribution is 5.88. The number of anilines is 1. The average Bonchev–Trinajstić information content (AvgIpc) is 2.30. The monoisotopic (exact) mass is 236 g/mol. The SMILES string of the molecule is COCC(C)c1ccc(NC(=O)N(C)C)cc1. The molecule has 17 heavy (non-hydrogen) atoms. The second-order valence-corrected chi connectivity index (χ2v) is 4.30. The van der Waals surface area contributed by atoms with Gasteiger partial charge in [-0.05, 0) is 17.7 Å². The minimum absolute atomic E-state index is 0.123. The van der Waals surface area contributed by atoms with Gasteiger partial charge in [0.15, 0.2) is 0 Å². The Morgan fingerprint density at radius 1 is 1.35 bits per heavy atom. The molecular weight excluding hydrogens is 216 g/mol. The summed E-state index contributed by atoms with van der Waals surface area (Å²) < 4.78 is 5.11. The molecule has 0 fully saturated rings. The van der Waals surface area contributed by atoms with Crippen LogP contribution in [0.3, 0.4) is 0 Å². The Kier molecular flexibility index (Phi) is 4.97. The van der Waals surface area contributed by atoms with E-state index in [0.717, 1.165) is 5.69 Å². The summed E-state index contributed by atoms with van der Waals surface area (Å²) in [5.74, 6) is 0.360. The molecule has 4 heteroatoms. The zero-order chi connectivity index (χ0) is 12.8. The summed E-state index contributed by atoms with van der Waals surface area (Å²) in [6.45, 7) is 2.81. The molecule has 1 aromatic rings. The maximum absolute atomic E-state index is 11.4. The van der Waals surface area contributed by atoms with E-state index in [1.54, 1.807) is 21.2 Å². The van der Waals surface area contributed by atoms with Gasteiger partial charge < -0.3 is 15.0 Å². The number of urea groups is 1. The van der Waals surface area contributed by atoms with E-state index in [0.29, 0.717) is 12.5 Å². The van der Waals surface area contributed by atoms with Gasteiger partial charge in [-0.1, -0.05) is 19.1 Å². The average molecular weight is 236 g/mol. The van der Waals surface area contributed by atoms with E-state index in [2.05, 4.69) is 12.2 Å². The van der Waals surface area contributed by atoms with Gasteiger partial charge in [0.05, 0.1) is 6.61 Å². The maximum atomic E-state index is 11.4. The van der Waals surface area contributed by atoms with Crippen LogP contribution in [0.1, 0.15) is 18.4 Å². The van der Waals surface area contributed by atoms with Crippen LogP contribution in [0, 0.1) is 0 Å². The lowest BCUT2D eigenvalue weighted by Crippen LogP contribution is -2.27. The van der Waals surface area contributed by atoms with Gasteiger partial charge in [0.25, 0.3) is 0 Å². The van der Waals surface area contributed by atoms with Gasteiger partial charge >= 0.3 is 6.03 Å². The van der Waals surface area contributed by atoms with E-state index in [1.165, 1.54) is 10.5 Å². The van der Waals surface area contributed by atoms with E-state index < -0.39 is 0 Å². The second-order valence-electron chi connectivity index (χ2n) is 4.30. The normalized spacial score (nSPS) is 12.0. The highest BCUT2D eigenvalue weighted by Crippen LogP contribution is 2.18. The van der Waals surface area contributed by atoms with Crippen LogP contribution in [0.4, 0.5) is 10.5 Å². The molecule has 1 rings (SSSR count). The van der Waals surface area contributed by atoms with E-state index in [9.17, 15) is 4.79 Å². The first-order chi connectivity index (χ1) is 8.04. The highest BCUT2D eigenvalue weighted by atomic mass is 16.5. The standard InChI is InChI=1S/C13H20N2O2/c1-10(9-17-4)11-5-7-12(8-6-11)14-13(16)15(2)3/h5-8,10H,9H2,1-4H3,(H,14,16). The number of nitrogens with one attached hydrogen (secondary N) is 1. The van der Waals surface area contributed by atoms with Gasteiger partial charge in [-0.2, -0.15) is 0 Å². The lowest BCUT2D eigenvalue weighted by atomic mass is 10.0. The number of hydrogen-bond donors (Lipinski definition) is 1. The Bertz CT molecular complexity index is 360. The van der Waals surface area contributed by atoms with Crippen molar-refractivity contribution in [1.29, 1.82) is 0 Å². The number of carbonyl (C=O) groups is 1. The molecule has 1 N–H and O–H groups in total. The largest absolute Gasteiger partial charge is 0.384 e. The summed E-state index contributed by atoms with van der Waals surface area (Å²) >= 11 is 0. The predicted octanol–water partition coefficient (Wildman–Crippen LogP) is 2.53. The van der Waals surface area contributed by atoms with Crippen LogP contribution in [0.5, 0.6) is 0 Å². The van der Waals surface area contributed by atoms with Crippen LogP contribution >= 0.6 is 0 Å². The second kappa shape index (κ2) is 6.25. The van der Waals surface area contributed by atoms with Gasteiger partial charge in [0.1, 0.15) is 0 Å². The smallest absolute Gasteiger partial charge is 0.321 e. The van der Waals surface area contributed by atoms with Crippen molar-refractivity contribution in [3.05, 3.63) is 29.8 Å². The number of benzene rings is 1. The molecule has 94 valence electrons. The zero-order valence-electron chi connectivity index (χ0n) is 10.9. The lowest BCUT2D eigenvalue weighted by molar-refractivity contribution is 0.184. The number of nitrogens with zero attached hydrogens (tertiary/aromatic N) is 1. The van der Waals surface area contributed by atoms with Crippen LogP contribution < -0.4 is 5.32 Å². The first-order valence-electron chi connectivity index (χ1n) is 5.61. The molecule has 0 aliphatic carbocycles. The number of ether oxygens (including phenoxy) is 1.